The molecular weight excluding hydrogens is 224 g/mol. The van der Waals surface area contributed by atoms with Crippen LogP contribution in [0.15, 0.2) is 16.5 Å². The van der Waals surface area contributed by atoms with Crippen LogP contribution in [0.5, 0.6) is 0 Å². The lowest BCUT2D eigenvalue weighted by atomic mass is 9.97. The number of rotatable bonds is 6. The lowest BCUT2D eigenvalue weighted by Crippen LogP contribution is -2.36. The molecule has 3 heteroatoms. The van der Waals surface area contributed by atoms with Crippen LogP contribution in [0, 0.1) is 5.92 Å². The maximum atomic E-state index is 5.69. The smallest absolute Gasteiger partial charge is 0.117 e. The van der Waals surface area contributed by atoms with Crippen molar-refractivity contribution in [2.75, 3.05) is 26.2 Å². The first-order chi connectivity index (χ1) is 8.81. The van der Waals surface area contributed by atoms with Gasteiger partial charge in [0.1, 0.15) is 11.5 Å². The maximum absolute atomic E-state index is 5.69. The van der Waals surface area contributed by atoms with Gasteiger partial charge in [-0.2, -0.15) is 0 Å². The fraction of sp³-hybridized carbons (Fsp3) is 0.733. The van der Waals surface area contributed by atoms with Crippen LogP contribution in [-0.4, -0.2) is 31.1 Å². The number of hydrogen-bond donors (Lipinski definition) is 1. The van der Waals surface area contributed by atoms with Crippen molar-refractivity contribution in [2.45, 2.75) is 39.7 Å². The molecule has 1 aliphatic heterocycles. The number of aryl methyl sites for hydroxylation is 1. The molecule has 0 saturated carbocycles. The van der Waals surface area contributed by atoms with E-state index in [4.69, 9.17) is 4.42 Å². The fourth-order valence-electron chi connectivity index (χ4n) is 2.61. The molecule has 2 rings (SSSR count). The molecule has 0 amide bonds. The Bertz CT molecular complexity index is 340. The molecule has 0 aliphatic carbocycles. The van der Waals surface area contributed by atoms with E-state index in [1.165, 1.54) is 32.5 Å². The average Bonchev–Trinajstić information content (AvgIpc) is 2.87. The van der Waals surface area contributed by atoms with Crippen LogP contribution >= 0.6 is 0 Å². The average molecular weight is 250 g/mol. The Kier molecular flexibility index (Phi) is 5.26. The molecule has 3 nitrogen and oxygen atoms in total. The van der Waals surface area contributed by atoms with Crippen LogP contribution in [0.25, 0.3) is 0 Å². The predicted octanol–water partition coefficient (Wildman–Crippen LogP) is 2.66. The van der Waals surface area contributed by atoms with Crippen LogP contribution in [0.2, 0.25) is 0 Å². The molecule has 2 heterocycles. The Hall–Kier alpha value is -0.800. The summed E-state index contributed by atoms with van der Waals surface area (Å²) in [5, 5.41) is 3.53. The van der Waals surface area contributed by atoms with E-state index in [9.17, 15) is 0 Å². The molecule has 0 unspecified atom stereocenters. The molecule has 0 radical (unpaired) electrons. The Morgan fingerprint density at radius 1 is 1.22 bits per heavy atom. The second kappa shape index (κ2) is 6.95. The lowest BCUT2D eigenvalue weighted by Gasteiger charge is -2.31. The van der Waals surface area contributed by atoms with E-state index in [0.717, 1.165) is 36.9 Å². The third-order valence-electron chi connectivity index (χ3n) is 3.95. The van der Waals surface area contributed by atoms with Gasteiger partial charge in [0.15, 0.2) is 0 Å². The van der Waals surface area contributed by atoms with E-state index in [-0.39, 0.29) is 0 Å². The van der Waals surface area contributed by atoms with Crippen molar-refractivity contribution in [3.05, 3.63) is 23.7 Å². The van der Waals surface area contributed by atoms with Gasteiger partial charge in [-0.1, -0.05) is 13.8 Å². The van der Waals surface area contributed by atoms with Gasteiger partial charge >= 0.3 is 0 Å². The van der Waals surface area contributed by atoms with E-state index >= 15 is 0 Å². The van der Waals surface area contributed by atoms with E-state index in [0.29, 0.717) is 0 Å². The maximum Gasteiger partial charge on any atom is 0.117 e. The van der Waals surface area contributed by atoms with Gasteiger partial charge in [0.05, 0.1) is 6.54 Å². The Labute approximate surface area is 111 Å². The minimum absolute atomic E-state index is 0.841. The minimum Gasteiger partial charge on any atom is -0.465 e. The molecule has 1 fully saturated rings. The number of nitrogens with zero attached hydrogens (tertiary/aromatic N) is 1. The summed E-state index contributed by atoms with van der Waals surface area (Å²) in [4.78, 5) is 2.54. The quantitative estimate of drug-likeness (QED) is 0.841. The number of nitrogens with one attached hydrogen (secondary N) is 1. The van der Waals surface area contributed by atoms with Gasteiger partial charge in [-0.25, -0.2) is 0 Å². The van der Waals surface area contributed by atoms with Crippen molar-refractivity contribution >= 4 is 0 Å². The number of piperidine rings is 1. The Morgan fingerprint density at radius 2 is 1.94 bits per heavy atom. The van der Waals surface area contributed by atoms with Crippen molar-refractivity contribution in [3.8, 4) is 0 Å². The first-order valence-corrected chi connectivity index (χ1v) is 7.32. The highest BCUT2D eigenvalue weighted by Crippen LogP contribution is 2.16. The summed E-state index contributed by atoms with van der Waals surface area (Å²) >= 11 is 0. The number of likely N-dealkylation sites (tertiary alicyclic amines) is 1. The molecule has 1 saturated heterocycles. The normalized spacial score (nSPS) is 18.3. The molecule has 1 aliphatic rings. The van der Waals surface area contributed by atoms with Crippen LogP contribution in [0.4, 0.5) is 0 Å². The summed E-state index contributed by atoms with van der Waals surface area (Å²) in [7, 11) is 0. The zero-order chi connectivity index (χ0) is 12.8. The highest BCUT2D eigenvalue weighted by molar-refractivity contribution is 5.06. The van der Waals surface area contributed by atoms with Crippen molar-refractivity contribution in [1.29, 1.82) is 0 Å². The van der Waals surface area contributed by atoms with Crippen LogP contribution in [0.1, 0.15) is 38.2 Å². The first-order valence-electron chi connectivity index (χ1n) is 7.32. The van der Waals surface area contributed by atoms with Gasteiger partial charge < -0.3 is 14.6 Å². The third-order valence-corrected chi connectivity index (χ3v) is 3.95. The van der Waals surface area contributed by atoms with E-state index in [2.05, 4.69) is 36.2 Å². The molecule has 1 N–H and O–H groups in total. The monoisotopic (exact) mass is 250 g/mol. The number of hydrogen-bond acceptors (Lipinski definition) is 3. The van der Waals surface area contributed by atoms with Crippen LogP contribution in [0.3, 0.4) is 0 Å². The van der Waals surface area contributed by atoms with Crippen molar-refractivity contribution in [1.82, 2.24) is 10.2 Å². The van der Waals surface area contributed by atoms with Gasteiger partial charge in [-0.05, 0) is 57.1 Å². The van der Waals surface area contributed by atoms with E-state index in [1.807, 2.05) is 0 Å². The van der Waals surface area contributed by atoms with Gasteiger partial charge in [0.25, 0.3) is 0 Å². The second-order valence-corrected chi connectivity index (χ2v) is 5.23. The van der Waals surface area contributed by atoms with Crippen molar-refractivity contribution in [2.24, 2.45) is 5.92 Å². The third kappa shape index (κ3) is 3.85. The molecule has 0 bridgehead atoms. The molecule has 0 atom stereocenters. The standard InChI is InChI=1S/C15H26N2O/c1-3-14-5-6-15(18-14)12-16-11-13-7-9-17(4-2)10-8-13/h5-6,13,16H,3-4,7-12H2,1-2H3. The molecule has 0 aromatic carbocycles. The van der Waals surface area contributed by atoms with Gasteiger partial charge in [-0.3, -0.25) is 0 Å². The largest absolute Gasteiger partial charge is 0.465 e. The summed E-state index contributed by atoms with van der Waals surface area (Å²) in [5.41, 5.74) is 0. The summed E-state index contributed by atoms with van der Waals surface area (Å²) in [5.74, 6) is 2.99. The van der Waals surface area contributed by atoms with Crippen molar-refractivity contribution in [3.63, 3.8) is 0 Å². The van der Waals surface area contributed by atoms with E-state index < -0.39 is 0 Å². The SMILES string of the molecule is CCc1ccc(CNCC2CCN(CC)CC2)o1. The first kappa shape index (κ1) is 13.6. The molecule has 18 heavy (non-hydrogen) atoms. The summed E-state index contributed by atoms with van der Waals surface area (Å²) in [6.45, 7) is 10.1. The topological polar surface area (TPSA) is 28.4 Å². The van der Waals surface area contributed by atoms with E-state index in [1.54, 1.807) is 0 Å². The fourth-order valence-corrected chi connectivity index (χ4v) is 2.61. The lowest BCUT2D eigenvalue weighted by molar-refractivity contribution is 0.189. The zero-order valence-corrected chi connectivity index (χ0v) is 11.7. The van der Waals surface area contributed by atoms with Gasteiger partial charge in [0.2, 0.25) is 0 Å². The molecule has 1 aromatic rings. The summed E-state index contributed by atoms with van der Waals surface area (Å²) < 4.78 is 5.69. The van der Waals surface area contributed by atoms with Gasteiger partial charge in [0, 0.05) is 6.42 Å². The molecule has 1 aromatic heterocycles. The zero-order valence-electron chi connectivity index (χ0n) is 11.7. The summed E-state index contributed by atoms with van der Waals surface area (Å²) in [6.07, 6.45) is 3.65. The highest BCUT2D eigenvalue weighted by Gasteiger charge is 2.17. The van der Waals surface area contributed by atoms with Crippen LogP contribution < -0.4 is 5.32 Å². The Morgan fingerprint density at radius 3 is 2.56 bits per heavy atom. The minimum atomic E-state index is 0.841. The van der Waals surface area contributed by atoms with Gasteiger partial charge in [-0.15, -0.1) is 0 Å². The number of furan rings is 1. The highest BCUT2D eigenvalue weighted by atomic mass is 16.3. The second-order valence-electron chi connectivity index (χ2n) is 5.23. The summed E-state index contributed by atoms with van der Waals surface area (Å²) in [6, 6.07) is 4.17. The molecular formula is C15H26N2O. The predicted molar refractivity (Wildman–Crippen MR) is 74.6 cm³/mol. The molecule has 102 valence electrons. The molecule has 0 spiro atoms. The van der Waals surface area contributed by atoms with Crippen LogP contribution in [-0.2, 0) is 13.0 Å². The van der Waals surface area contributed by atoms with Crippen molar-refractivity contribution < 1.29 is 4.42 Å². The Balaban J connectivity index is 1.63.